The fourth-order valence-electron chi connectivity index (χ4n) is 3.34. The molecule has 1 aromatic heterocycles. The Labute approximate surface area is 123 Å². The van der Waals surface area contributed by atoms with E-state index in [2.05, 4.69) is 25.8 Å². The van der Waals surface area contributed by atoms with Crippen LogP contribution in [0.15, 0.2) is 0 Å². The van der Waals surface area contributed by atoms with E-state index in [4.69, 9.17) is 0 Å². The summed E-state index contributed by atoms with van der Waals surface area (Å²) in [4.78, 5) is 21.0. The van der Waals surface area contributed by atoms with E-state index in [9.17, 15) is 9.90 Å². The Morgan fingerprint density at radius 1 is 1.45 bits per heavy atom. The van der Waals surface area contributed by atoms with Crippen molar-refractivity contribution in [3.8, 4) is 0 Å². The predicted octanol–water partition coefficient (Wildman–Crippen LogP) is 2.41. The molecule has 1 aliphatic carbocycles. The van der Waals surface area contributed by atoms with E-state index in [-0.39, 0.29) is 11.4 Å². The molecule has 1 aromatic rings. The minimum atomic E-state index is -0.789. The molecule has 6 heteroatoms. The fourth-order valence-corrected chi connectivity index (χ4v) is 4.51. The van der Waals surface area contributed by atoms with Crippen molar-refractivity contribution >= 4 is 22.5 Å². The maximum absolute atomic E-state index is 12.1. The summed E-state index contributed by atoms with van der Waals surface area (Å²) in [7, 11) is 1.70. The second-order valence-electron chi connectivity index (χ2n) is 6.77. The summed E-state index contributed by atoms with van der Waals surface area (Å²) in [5.41, 5.74) is 1.35. The van der Waals surface area contributed by atoms with Crippen molar-refractivity contribution in [3.63, 3.8) is 0 Å². The van der Waals surface area contributed by atoms with Crippen molar-refractivity contribution in [2.24, 2.45) is 5.41 Å². The van der Waals surface area contributed by atoms with Gasteiger partial charge in [-0.15, -0.1) is 11.3 Å². The van der Waals surface area contributed by atoms with Crippen LogP contribution < -0.4 is 4.90 Å². The van der Waals surface area contributed by atoms with Gasteiger partial charge in [-0.1, -0.05) is 20.8 Å². The van der Waals surface area contributed by atoms with Crippen molar-refractivity contribution in [1.82, 2.24) is 9.88 Å². The zero-order valence-corrected chi connectivity index (χ0v) is 13.2. The number of nitrogens with zero attached hydrogens (tertiary/aromatic N) is 3. The number of rotatable bonds is 1. The number of aliphatic hydroxyl groups is 1. The molecule has 20 heavy (non-hydrogen) atoms. The number of hydrogen-bond acceptors (Lipinski definition) is 4. The molecule has 2 amide bonds. The first-order valence-electron chi connectivity index (χ1n) is 7.00. The molecule has 0 radical (unpaired) electrons. The third-order valence-corrected chi connectivity index (χ3v) is 5.47. The number of aliphatic hydroxyl groups excluding tert-OH is 1. The fraction of sp³-hybridized carbons (Fsp3) is 0.714. The highest BCUT2D eigenvalue weighted by atomic mass is 32.1. The monoisotopic (exact) mass is 295 g/mol. The Bertz CT molecular complexity index is 555. The maximum atomic E-state index is 12.1. The number of fused-ring (bicyclic) bond motifs is 1. The molecule has 1 aliphatic heterocycles. The van der Waals surface area contributed by atoms with Gasteiger partial charge in [0.05, 0.1) is 12.2 Å². The van der Waals surface area contributed by atoms with E-state index in [1.807, 2.05) is 0 Å². The summed E-state index contributed by atoms with van der Waals surface area (Å²) in [5, 5.41) is 10.7. The molecule has 110 valence electrons. The van der Waals surface area contributed by atoms with Crippen LogP contribution in [0.4, 0.5) is 9.93 Å². The van der Waals surface area contributed by atoms with E-state index < -0.39 is 6.23 Å². The van der Waals surface area contributed by atoms with Crippen LogP contribution in [-0.4, -0.2) is 40.8 Å². The van der Waals surface area contributed by atoms with Crippen molar-refractivity contribution in [2.45, 2.75) is 45.8 Å². The summed E-state index contributed by atoms with van der Waals surface area (Å²) in [6, 6.07) is -0.171. The molecule has 0 spiro atoms. The Balaban J connectivity index is 1.96. The topological polar surface area (TPSA) is 56.7 Å². The number of carbonyl (C=O) groups is 1. The molecule has 1 saturated heterocycles. The lowest BCUT2D eigenvalue weighted by Crippen LogP contribution is -2.34. The summed E-state index contributed by atoms with van der Waals surface area (Å²) in [5.74, 6) is 0.465. The van der Waals surface area contributed by atoms with Gasteiger partial charge in [-0.25, -0.2) is 14.7 Å². The first-order chi connectivity index (χ1) is 9.28. The zero-order valence-electron chi connectivity index (χ0n) is 12.4. The number of hydrogen-bond donors (Lipinski definition) is 1. The van der Waals surface area contributed by atoms with Gasteiger partial charge in [-0.3, -0.25) is 0 Å². The van der Waals surface area contributed by atoms with Crippen molar-refractivity contribution in [3.05, 3.63) is 10.6 Å². The van der Waals surface area contributed by atoms with Gasteiger partial charge in [0.2, 0.25) is 0 Å². The lowest BCUT2D eigenvalue weighted by atomic mass is 9.74. The maximum Gasteiger partial charge on any atom is 0.328 e. The lowest BCUT2D eigenvalue weighted by Gasteiger charge is -2.32. The SMILES string of the molecule is CC1CC(C)(C)Cc2nc(N3C(=O)N(C)CC3O)sc21. The van der Waals surface area contributed by atoms with Gasteiger partial charge in [0.25, 0.3) is 0 Å². The molecule has 3 rings (SSSR count). The smallest absolute Gasteiger partial charge is 0.328 e. The van der Waals surface area contributed by atoms with Crippen LogP contribution in [-0.2, 0) is 6.42 Å². The van der Waals surface area contributed by atoms with Gasteiger partial charge in [0.15, 0.2) is 11.4 Å². The van der Waals surface area contributed by atoms with Gasteiger partial charge in [0, 0.05) is 11.9 Å². The largest absolute Gasteiger partial charge is 0.371 e. The first kappa shape index (κ1) is 13.8. The average Bonchev–Trinajstić information content (AvgIpc) is 2.80. The predicted molar refractivity (Wildman–Crippen MR) is 79.1 cm³/mol. The minimum absolute atomic E-state index is 0.171. The van der Waals surface area contributed by atoms with E-state index >= 15 is 0 Å². The number of aromatic nitrogens is 1. The molecular weight excluding hydrogens is 274 g/mol. The Morgan fingerprint density at radius 2 is 2.15 bits per heavy atom. The first-order valence-corrected chi connectivity index (χ1v) is 7.82. The quantitative estimate of drug-likeness (QED) is 0.865. The highest BCUT2D eigenvalue weighted by Crippen LogP contribution is 2.46. The van der Waals surface area contributed by atoms with Crippen LogP contribution in [0, 0.1) is 5.41 Å². The van der Waals surface area contributed by atoms with Crippen LogP contribution in [0.5, 0.6) is 0 Å². The Morgan fingerprint density at radius 3 is 2.75 bits per heavy atom. The average molecular weight is 295 g/mol. The van der Waals surface area contributed by atoms with Gasteiger partial charge in [-0.05, 0) is 24.2 Å². The van der Waals surface area contributed by atoms with Crippen LogP contribution in [0.1, 0.15) is 43.7 Å². The molecule has 0 bridgehead atoms. The molecule has 5 nitrogen and oxygen atoms in total. The zero-order chi connectivity index (χ0) is 14.7. The van der Waals surface area contributed by atoms with Crippen molar-refractivity contribution in [1.29, 1.82) is 0 Å². The third kappa shape index (κ3) is 2.11. The molecule has 2 heterocycles. The number of thiazole rings is 1. The molecule has 0 saturated carbocycles. The number of carbonyl (C=O) groups excluding carboxylic acids is 1. The van der Waals surface area contributed by atoms with Gasteiger partial charge >= 0.3 is 6.03 Å². The second-order valence-corrected chi connectivity index (χ2v) is 7.78. The molecule has 2 atom stereocenters. The molecular formula is C14H21N3O2S. The highest BCUT2D eigenvalue weighted by molar-refractivity contribution is 7.16. The molecule has 1 fully saturated rings. The van der Waals surface area contributed by atoms with Crippen LogP contribution in [0.3, 0.4) is 0 Å². The van der Waals surface area contributed by atoms with E-state index in [0.717, 1.165) is 18.5 Å². The van der Waals surface area contributed by atoms with Gasteiger partial charge in [-0.2, -0.15) is 0 Å². The normalized spacial score (nSPS) is 28.9. The summed E-state index contributed by atoms with van der Waals surface area (Å²) >= 11 is 1.56. The third-order valence-electron chi connectivity index (χ3n) is 4.14. The summed E-state index contributed by atoms with van der Waals surface area (Å²) < 4.78 is 0. The highest BCUT2D eigenvalue weighted by Gasteiger charge is 2.39. The van der Waals surface area contributed by atoms with E-state index in [0.29, 0.717) is 17.6 Å². The molecule has 2 aliphatic rings. The van der Waals surface area contributed by atoms with E-state index in [1.54, 1.807) is 18.4 Å². The van der Waals surface area contributed by atoms with Crippen molar-refractivity contribution < 1.29 is 9.90 Å². The minimum Gasteiger partial charge on any atom is -0.371 e. The van der Waals surface area contributed by atoms with Gasteiger partial charge < -0.3 is 10.0 Å². The number of β-amino-alcohol motifs (C(OH)–C–C–N with tert-alkyl or cyclic N) is 1. The Hall–Kier alpha value is -1.14. The molecule has 1 N–H and O–H groups in total. The standard InChI is InChI=1S/C14H21N3O2S/c1-8-5-14(2,3)6-9-11(8)20-12(15-9)17-10(18)7-16(4)13(17)19/h8,10,18H,5-7H2,1-4H3. The summed E-state index contributed by atoms with van der Waals surface area (Å²) in [6.45, 7) is 7.07. The number of anilines is 1. The lowest BCUT2D eigenvalue weighted by molar-refractivity contribution is 0.183. The molecule has 0 aromatic carbocycles. The van der Waals surface area contributed by atoms with Crippen LogP contribution in [0.25, 0.3) is 0 Å². The van der Waals surface area contributed by atoms with Crippen molar-refractivity contribution in [2.75, 3.05) is 18.5 Å². The van der Waals surface area contributed by atoms with Crippen LogP contribution in [0.2, 0.25) is 0 Å². The Kier molecular flexibility index (Phi) is 3.06. The number of amides is 2. The van der Waals surface area contributed by atoms with E-state index in [1.165, 1.54) is 14.7 Å². The number of urea groups is 1. The van der Waals surface area contributed by atoms with Gasteiger partial charge in [0.1, 0.15) is 0 Å². The molecule has 2 unspecified atom stereocenters. The van der Waals surface area contributed by atoms with Crippen LogP contribution >= 0.6 is 11.3 Å². The second kappa shape index (κ2) is 4.43. The number of likely N-dealkylation sites (N-methyl/N-ethyl adjacent to an activating group) is 1. The summed E-state index contributed by atoms with van der Waals surface area (Å²) in [6.07, 6.45) is 1.29.